The Morgan fingerprint density at radius 1 is 1.12 bits per heavy atom. The molecular weight excluding hydrogens is 306 g/mol. The van der Waals surface area contributed by atoms with Crippen molar-refractivity contribution in [1.82, 2.24) is 9.97 Å². The lowest BCUT2D eigenvalue weighted by molar-refractivity contribution is -0.122. The second-order valence-electron chi connectivity index (χ2n) is 5.84. The van der Waals surface area contributed by atoms with E-state index in [1.54, 1.807) is 0 Å². The molecule has 1 saturated heterocycles. The number of aromatic nitrogens is 2. The zero-order valence-electron chi connectivity index (χ0n) is 13.9. The quantitative estimate of drug-likeness (QED) is 0.933. The van der Waals surface area contributed by atoms with Gasteiger partial charge in [-0.25, -0.2) is 0 Å². The van der Waals surface area contributed by atoms with Crippen molar-refractivity contribution in [1.29, 1.82) is 0 Å². The zero-order valence-corrected chi connectivity index (χ0v) is 13.9. The fourth-order valence-electron chi connectivity index (χ4n) is 2.69. The summed E-state index contributed by atoms with van der Waals surface area (Å²) in [6.07, 6.45) is 1.50. The summed E-state index contributed by atoms with van der Waals surface area (Å²) in [7, 11) is 0. The third-order valence-electron chi connectivity index (χ3n) is 4.04. The highest BCUT2D eigenvalue weighted by atomic mass is 16.5. The van der Waals surface area contributed by atoms with Gasteiger partial charge in [0, 0.05) is 19.1 Å². The highest BCUT2D eigenvalue weighted by Gasteiger charge is 2.23. The standard InChI is InChI=1S/C18H21N3O3/c1-12-16(21-17(22)14-8-10-23-11-9-14)13(2)20-18(19-12)24-15-6-4-3-5-7-15/h3-7,14H,8-11H2,1-2H3,(H,21,22). The minimum Gasteiger partial charge on any atom is -0.424 e. The molecule has 126 valence electrons. The number of ether oxygens (including phenoxy) is 2. The summed E-state index contributed by atoms with van der Waals surface area (Å²) in [6, 6.07) is 9.65. The van der Waals surface area contributed by atoms with Gasteiger partial charge in [-0.3, -0.25) is 4.79 Å². The molecule has 6 nitrogen and oxygen atoms in total. The average molecular weight is 327 g/mol. The maximum atomic E-state index is 12.4. The predicted molar refractivity (Wildman–Crippen MR) is 90.2 cm³/mol. The lowest BCUT2D eigenvalue weighted by atomic mass is 9.99. The number of hydrogen-bond acceptors (Lipinski definition) is 5. The topological polar surface area (TPSA) is 73.3 Å². The monoisotopic (exact) mass is 327 g/mol. The Morgan fingerprint density at radius 2 is 1.75 bits per heavy atom. The number of para-hydroxylation sites is 1. The van der Waals surface area contributed by atoms with E-state index in [-0.39, 0.29) is 17.8 Å². The summed E-state index contributed by atoms with van der Waals surface area (Å²) in [4.78, 5) is 21.1. The van der Waals surface area contributed by atoms with Crippen LogP contribution in [0.3, 0.4) is 0 Å². The molecule has 2 aromatic rings. The minimum atomic E-state index is -0.0159. The van der Waals surface area contributed by atoms with Gasteiger partial charge in [-0.05, 0) is 38.8 Å². The Balaban J connectivity index is 1.73. The van der Waals surface area contributed by atoms with Crippen molar-refractivity contribution < 1.29 is 14.3 Å². The molecular formula is C18H21N3O3. The van der Waals surface area contributed by atoms with Gasteiger partial charge in [0.2, 0.25) is 5.91 Å². The third kappa shape index (κ3) is 3.89. The largest absolute Gasteiger partial charge is 0.424 e. The summed E-state index contributed by atoms with van der Waals surface area (Å²) in [6.45, 7) is 4.95. The van der Waals surface area contributed by atoms with Crippen molar-refractivity contribution >= 4 is 11.6 Å². The average Bonchev–Trinajstić information content (AvgIpc) is 2.59. The highest BCUT2D eigenvalue weighted by molar-refractivity contribution is 5.93. The molecule has 1 fully saturated rings. The first kappa shape index (κ1) is 16.4. The number of benzene rings is 1. The Bertz CT molecular complexity index is 690. The van der Waals surface area contributed by atoms with Crippen molar-refractivity contribution in [2.45, 2.75) is 26.7 Å². The van der Waals surface area contributed by atoms with Crippen molar-refractivity contribution in [3.8, 4) is 11.8 Å². The lowest BCUT2D eigenvalue weighted by Crippen LogP contribution is -2.29. The van der Waals surface area contributed by atoms with Gasteiger partial charge in [0.15, 0.2) is 0 Å². The van der Waals surface area contributed by atoms with Gasteiger partial charge in [0.05, 0.1) is 17.1 Å². The summed E-state index contributed by atoms with van der Waals surface area (Å²) in [5.74, 6) is 0.665. The Hall–Kier alpha value is -2.47. The van der Waals surface area contributed by atoms with Crippen LogP contribution in [0, 0.1) is 19.8 Å². The molecule has 0 aliphatic carbocycles. The van der Waals surface area contributed by atoms with Crippen LogP contribution in [0.1, 0.15) is 24.2 Å². The number of amides is 1. The third-order valence-corrected chi connectivity index (χ3v) is 4.04. The number of anilines is 1. The van der Waals surface area contributed by atoms with Crippen LogP contribution in [0.5, 0.6) is 11.8 Å². The van der Waals surface area contributed by atoms with E-state index in [9.17, 15) is 4.79 Å². The molecule has 6 heteroatoms. The van der Waals surface area contributed by atoms with Crippen LogP contribution in [-0.2, 0) is 9.53 Å². The summed E-state index contributed by atoms with van der Waals surface area (Å²) >= 11 is 0. The van der Waals surface area contributed by atoms with E-state index in [1.165, 1.54) is 0 Å². The van der Waals surface area contributed by atoms with E-state index < -0.39 is 0 Å². The van der Waals surface area contributed by atoms with E-state index in [1.807, 2.05) is 44.2 Å². The maximum absolute atomic E-state index is 12.4. The first-order valence-corrected chi connectivity index (χ1v) is 8.10. The van der Waals surface area contributed by atoms with E-state index in [2.05, 4.69) is 15.3 Å². The van der Waals surface area contributed by atoms with E-state index in [0.29, 0.717) is 36.0 Å². The first-order valence-electron chi connectivity index (χ1n) is 8.10. The maximum Gasteiger partial charge on any atom is 0.322 e. The molecule has 1 aliphatic rings. The van der Waals surface area contributed by atoms with Crippen LogP contribution < -0.4 is 10.1 Å². The summed E-state index contributed by atoms with van der Waals surface area (Å²) < 4.78 is 11.0. The SMILES string of the molecule is Cc1nc(Oc2ccccc2)nc(C)c1NC(=O)C1CCOCC1. The Kier molecular flexibility index (Phi) is 5.05. The molecule has 0 bridgehead atoms. The van der Waals surface area contributed by atoms with Crippen molar-refractivity contribution in [3.63, 3.8) is 0 Å². The second-order valence-corrected chi connectivity index (χ2v) is 5.84. The molecule has 2 heterocycles. The van der Waals surface area contributed by atoms with Crippen LogP contribution in [0.4, 0.5) is 5.69 Å². The molecule has 0 atom stereocenters. The summed E-state index contributed by atoms with van der Waals surface area (Å²) in [5, 5.41) is 2.96. The van der Waals surface area contributed by atoms with Gasteiger partial charge in [-0.15, -0.1) is 0 Å². The number of nitrogens with one attached hydrogen (secondary N) is 1. The molecule has 24 heavy (non-hydrogen) atoms. The van der Waals surface area contributed by atoms with Crippen LogP contribution in [-0.4, -0.2) is 29.1 Å². The van der Waals surface area contributed by atoms with Gasteiger partial charge in [0.1, 0.15) is 5.75 Å². The molecule has 0 saturated carbocycles. The number of rotatable bonds is 4. The molecule has 0 radical (unpaired) electrons. The van der Waals surface area contributed by atoms with Gasteiger partial charge in [0.25, 0.3) is 0 Å². The Labute approximate surface area is 141 Å². The summed E-state index contributed by atoms with van der Waals surface area (Å²) in [5.41, 5.74) is 2.04. The molecule has 0 spiro atoms. The first-order chi connectivity index (χ1) is 11.6. The van der Waals surface area contributed by atoms with E-state index in [4.69, 9.17) is 9.47 Å². The molecule has 3 rings (SSSR count). The number of nitrogens with zero attached hydrogens (tertiary/aromatic N) is 2. The smallest absolute Gasteiger partial charge is 0.322 e. The van der Waals surface area contributed by atoms with Crippen molar-refractivity contribution in [2.75, 3.05) is 18.5 Å². The number of aryl methyl sites for hydroxylation is 2. The van der Waals surface area contributed by atoms with Gasteiger partial charge < -0.3 is 14.8 Å². The lowest BCUT2D eigenvalue weighted by Gasteiger charge is -2.22. The molecule has 1 N–H and O–H groups in total. The van der Waals surface area contributed by atoms with Crippen LogP contribution in [0.25, 0.3) is 0 Å². The Morgan fingerprint density at radius 3 is 2.38 bits per heavy atom. The number of hydrogen-bond donors (Lipinski definition) is 1. The predicted octanol–water partition coefficient (Wildman–Crippen LogP) is 3.25. The van der Waals surface area contributed by atoms with Gasteiger partial charge >= 0.3 is 6.01 Å². The second kappa shape index (κ2) is 7.40. The minimum absolute atomic E-state index is 0.00447. The zero-order chi connectivity index (χ0) is 16.9. The molecule has 1 aromatic heterocycles. The number of carbonyl (C=O) groups is 1. The fraction of sp³-hybridized carbons (Fsp3) is 0.389. The van der Waals surface area contributed by atoms with Crippen LogP contribution in [0.15, 0.2) is 30.3 Å². The normalized spacial score (nSPS) is 15.1. The van der Waals surface area contributed by atoms with Gasteiger partial charge in [-0.1, -0.05) is 18.2 Å². The fourth-order valence-corrected chi connectivity index (χ4v) is 2.69. The molecule has 1 aliphatic heterocycles. The van der Waals surface area contributed by atoms with Crippen molar-refractivity contribution in [3.05, 3.63) is 41.7 Å². The molecule has 0 unspecified atom stereocenters. The van der Waals surface area contributed by atoms with E-state index in [0.717, 1.165) is 12.8 Å². The number of carbonyl (C=O) groups excluding carboxylic acids is 1. The van der Waals surface area contributed by atoms with E-state index >= 15 is 0 Å². The van der Waals surface area contributed by atoms with Crippen LogP contribution >= 0.6 is 0 Å². The van der Waals surface area contributed by atoms with Gasteiger partial charge in [-0.2, -0.15) is 9.97 Å². The molecule has 1 amide bonds. The molecule has 1 aromatic carbocycles. The highest BCUT2D eigenvalue weighted by Crippen LogP contribution is 2.25. The van der Waals surface area contributed by atoms with Crippen LogP contribution in [0.2, 0.25) is 0 Å². The van der Waals surface area contributed by atoms with Crippen molar-refractivity contribution in [2.24, 2.45) is 5.92 Å².